The van der Waals surface area contributed by atoms with Crippen LogP contribution in [0.3, 0.4) is 0 Å². The van der Waals surface area contributed by atoms with Gasteiger partial charge in [-0.25, -0.2) is 9.97 Å². The van der Waals surface area contributed by atoms with E-state index in [0.717, 1.165) is 51.1 Å². The van der Waals surface area contributed by atoms with Gasteiger partial charge in [0.15, 0.2) is 12.1 Å². The Balaban J connectivity index is 0.951. The Kier molecular flexibility index (Phi) is 9.85. The van der Waals surface area contributed by atoms with Gasteiger partial charge in [0.05, 0.1) is 24.4 Å². The molecule has 4 heterocycles. The quantitative estimate of drug-likeness (QED) is 0.122. The number of aliphatic hydroxyl groups is 2. The molecule has 1 amide bonds. The zero-order valence-corrected chi connectivity index (χ0v) is 28.0. The van der Waals surface area contributed by atoms with Crippen molar-refractivity contribution in [2.45, 2.75) is 24.7 Å². The number of nitrogens with one attached hydrogen (secondary N) is 3. The second-order valence-corrected chi connectivity index (χ2v) is 12.8. The second-order valence-electron chi connectivity index (χ2n) is 12.8. The SMILES string of the molecule is CO[C@@]1(C(O)Nc2ccc3[nH]nc(-c4ccc(NCCO)cc4)c3c2)CCN(CC(=O)N2CC=C(c3ccc(-c4ncccn4)cc3)CC2)C1. The number of fused-ring (bicyclic) bond motifs is 1. The molecule has 1 unspecified atom stereocenters. The average Bonchev–Trinajstić information content (AvgIpc) is 3.79. The summed E-state index contributed by atoms with van der Waals surface area (Å²) in [6.45, 7) is 3.10. The van der Waals surface area contributed by atoms with Gasteiger partial charge in [-0.2, -0.15) is 5.10 Å². The normalized spacial score (nSPS) is 18.6. The van der Waals surface area contributed by atoms with E-state index in [4.69, 9.17) is 9.84 Å². The van der Waals surface area contributed by atoms with Crippen molar-refractivity contribution >= 4 is 33.8 Å². The van der Waals surface area contributed by atoms with E-state index in [1.807, 2.05) is 59.5 Å². The smallest absolute Gasteiger partial charge is 0.237 e. The minimum Gasteiger partial charge on any atom is -0.395 e. The number of carbonyl (C=O) groups excluding carboxylic acids is 1. The summed E-state index contributed by atoms with van der Waals surface area (Å²) in [5, 5.41) is 35.5. The van der Waals surface area contributed by atoms with Crippen LogP contribution in [0.2, 0.25) is 0 Å². The number of anilines is 2. The predicted octanol–water partition coefficient (Wildman–Crippen LogP) is 4.23. The van der Waals surface area contributed by atoms with E-state index >= 15 is 0 Å². The van der Waals surface area contributed by atoms with Gasteiger partial charge in [0, 0.05) is 80.1 Å². The van der Waals surface area contributed by atoms with Crippen LogP contribution < -0.4 is 10.6 Å². The Morgan fingerprint density at radius 1 is 1.00 bits per heavy atom. The highest BCUT2D eigenvalue weighted by Crippen LogP contribution is 2.33. The van der Waals surface area contributed by atoms with E-state index in [1.165, 1.54) is 5.57 Å². The Bertz CT molecular complexity index is 1950. The molecule has 2 atom stereocenters. The first-order valence-electron chi connectivity index (χ1n) is 16.9. The van der Waals surface area contributed by atoms with Crippen molar-refractivity contribution in [1.29, 1.82) is 0 Å². The number of ether oxygens (including phenoxy) is 1. The summed E-state index contributed by atoms with van der Waals surface area (Å²) in [5.41, 5.74) is 6.75. The molecule has 258 valence electrons. The van der Waals surface area contributed by atoms with Crippen molar-refractivity contribution < 1.29 is 19.7 Å². The minimum absolute atomic E-state index is 0.0647. The van der Waals surface area contributed by atoms with Gasteiger partial charge in [0.1, 0.15) is 5.60 Å². The molecule has 12 nitrogen and oxygen atoms in total. The molecule has 5 aromatic rings. The molecule has 1 saturated heterocycles. The van der Waals surface area contributed by atoms with Crippen LogP contribution in [0.25, 0.3) is 39.1 Å². The lowest BCUT2D eigenvalue weighted by Gasteiger charge is -2.34. The van der Waals surface area contributed by atoms with Crippen molar-refractivity contribution in [2.24, 2.45) is 0 Å². The van der Waals surface area contributed by atoms with Crippen LogP contribution in [0.15, 0.2) is 91.3 Å². The summed E-state index contributed by atoms with van der Waals surface area (Å²) in [6, 6.07) is 23.7. The number of carbonyl (C=O) groups is 1. The first-order valence-corrected chi connectivity index (χ1v) is 16.9. The highest BCUT2D eigenvalue weighted by atomic mass is 16.5. The molecule has 7 rings (SSSR count). The first kappa shape index (κ1) is 33.4. The molecule has 0 spiro atoms. The Labute approximate surface area is 290 Å². The van der Waals surface area contributed by atoms with E-state index < -0.39 is 11.8 Å². The van der Waals surface area contributed by atoms with Crippen LogP contribution >= 0.6 is 0 Å². The van der Waals surface area contributed by atoms with Gasteiger partial charge >= 0.3 is 0 Å². The van der Waals surface area contributed by atoms with E-state index in [2.05, 4.69) is 53.9 Å². The van der Waals surface area contributed by atoms with Crippen molar-refractivity contribution in [3.63, 3.8) is 0 Å². The molecule has 0 radical (unpaired) electrons. The van der Waals surface area contributed by atoms with E-state index in [-0.39, 0.29) is 19.1 Å². The fraction of sp³-hybridized carbons (Fsp3) is 0.316. The number of nitrogens with zero attached hydrogens (tertiary/aromatic N) is 5. The highest BCUT2D eigenvalue weighted by molar-refractivity contribution is 5.95. The van der Waals surface area contributed by atoms with Crippen LogP contribution in [0.5, 0.6) is 0 Å². The van der Waals surface area contributed by atoms with Crippen LogP contribution in [0.4, 0.5) is 11.4 Å². The number of amides is 1. The van der Waals surface area contributed by atoms with E-state index in [0.29, 0.717) is 45.0 Å². The van der Waals surface area contributed by atoms with Gasteiger partial charge in [-0.05, 0) is 60.4 Å². The predicted molar refractivity (Wildman–Crippen MR) is 194 cm³/mol. The third kappa shape index (κ3) is 7.10. The zero-order chi connectivity index (χ0) is 34.5. The van der Waals surface area contributed by atoms with E-state index in [9.17, 15) is 9.90 Å². The molecule has 0 saturated carbocycles. The maximum absolute atomic E-state index is 13.4. The zero-order valence-electron chi connectivity index (χ0n) is 28.0. The summed E-state index contributed by atoms with van der Waals surface area (Å²) >= 11 is 0. The number of methoxy groups -OCH3 is 1. The third-order valence-corrected chi connectivity index (χ3v) is 9.71. The fourth-order valence-electron chi connectivity index (χ4n) is 6.81. The standard InChI is InChI=1S/C38H42N8O4/c1-50-38(37(49)42-31-11-12-33-32(23-31)35(44-43-33)28-7-9-30(10-8-28)39-18-22-47)15-21-45(25-38)24-34(48)46-19-13-27(14-20-46)26-3-5-29(6-4-26)36-40-16-2-17-41-36/h2-13,16-17,23,37,39,42,47,49H,14-15,18-22,24-25H2,1H3,(H,43,44)/t37?,38-/m0/s1. The molecule has 12 heteroatoms. The summed E-state index contributed by atoms with van der Waals surface area (Å²) in [7, 11) is 1.61. The monoisotopic (exact) mass is 674 g/mol. The number of aromatic amines is 1. The maximum atomic E-state index is 13.4. The summed E-state index contributed by atoms with van der Waals surface area (Å²) in [5.74, 6) is 0.773. The van der Waals surface area contributed by atoms with Gasteiger partial charge in [0.25, 0.3) is 0 Å². The summed E-state index contributed by atoms with van der Waals surface area (Å²) in [6.07, 6.45) is 5.98. The molecule has 50 heavy (non-hydrogen) atoms. The number of hydrogen-bond acceptors (Lipinski definition) is 10. The van der Waals surface area contributed by atoms with Crippen molar-refractivity contribution in [1.82, 2.24) is 30.0 Å². The second kappa shape index (κ2) is 14.8. The molecular weight excluding hydrogens is 632 g/mol. The Hall–Kier alpha value is -5.14. The molecule has 2 aliphatic rings. The molecule has 5 N–H and O–H groups in total. The highest BCUT2D eigenvalue weighted by Gasteiger charge is 2.45. The molecule has 2 aromatic heterocycles. The first-order chi connectivity index (χ1) is 24.4. The van der Waals surface area contributed by atoms with Gasteiger partial charge in [-0.15, -0.1) is 0 Å². The number of aromatic nitrogens is 4. The lowest BCUT2D eigenvalue weighted by Crippen LogP contribution is -2.51. The number of rotatable bonds is 12. The summed E-state index contributed by atoms with van der Waals surface area (Å²) < 4.78 is 5.96. The van der Waals surface area contributed by atoms with Gasteiger partial charge < -0.3 is 30.5 Å². The van der Waals surface area contributed by atoms with Crippen molar-refractivity contribution in [2.75, 3.05) is 63.6 Å². The van der Waals surface area contributed by atoms with Gasteiger partial charge in [0.2, 0.25) is 5.91 Å². The minimum atomic E-state index is -1.00. The van der Waals surface area contributed by atoms with E-state index in [1.54, 1.807) is 25.6 Å². The number of H-pyrrole nitrogens is 1. The molecule has 0 aliphatic carbocycles. The molecular formula is C38H42N8O4. The van der Waals surface area contributed by atoms with Crippen molar-refractivity contribution in [3.8, 4) is 22.6 Å². The van der Waals surface area contributed by atoms with Crippen LogP contribution in [-0.2, 0) is 9.53 Å². The lowest BCUT2D eigenvalue weighted by molar-refractivity contribution is -0.132. The molecule has 3 aromatic carbocycles. The number of aliphatic hydroxyl groups excluding tert-OH is 2. The number of benzene rings is 3. The van der Waals surface area contributed by atoms with Crippen LogP contribution in [-0.4, -0.2) is 111 Å². The summed E-state index contributed by atoms with van der Waals surface area (Å²) in [4.78, 5) is 26.0. The van der Waals surface area contributed by atoms with Crippen molar-refractivity contribution in [3.05, 3.63) is 96.8 Å². The lowest BCUT2D eigenvalue weighted by atomic mass is 9.98. The maximum Gasteiger partial charge on any atom is 0.237 e. The van der Waals surface area contributed by atoms with Crippen LogP contribution in [0.1, 0.15) is 18.4 Å². The third-order valence-electron chi connectivity index (χ3n) is 9.71. The van der Waals surface area contributed by atoms with Gasteiger partial charge in [-0.1, -0.05) is 42.5 Å². The Morgan fingerprint density at radius 3 is 2.46 bits per heavy atom. The topological polar surface area (TPSA) is 152 Å². The largest absolute Gasteiger partial charge is 0.395 e. The van der Waals surface area contributed by atoms with Gasteiger partial charge in [-0.3, -0.25) is 14.8 Å². The molecule has 0 bridgehead atoms. The molecule has 1 fully saturated rings. The molecule has 2 aliphatic heterocycles. The fourth-order valence-corrected chi connectivity index (χ4v) is 6.81. The number of hydrogen-bond donors (Lipinski definition) is 5. The number of likely N-dealkylation sites (tertiary alicyclic amines) is 1. The Morgan fingerprint density at radius 2 is 1.74 bits per heavy atom. The average molecular weight is 675 g/mol. The van der Waals surface area contributed by atoms with Crippen LogP contribution in [0, 0.1) is 0 Å².